The molecule has 5 nitrogen and oxygen atoms in total. The Morgan fingerprint density at radius 3 is 2.47 bits per heavy atom. The lowest BCUT2D eigenvalue weighted by Gasteiger charge is -2.06. The number of nitrogens with zero attached hydrogens (tertiary/aromatic N) is 1. The van der Waals surface area contributed by atoms with Gasteiger partial charge in [0.05, 0.1) is 4.92 Å². The van der Waals surface area contributed by atoms with E-state index in [9.17, 15) is 18.7 Å². The smallest absolute Gasteiger partial charge is 0.270 e. The number of nitro benzene ring substituents is 1. The van der Waals surface area contributed by atoms with Crippen LogP contribution < -0.4 is 4.72 Å². The molecular formula is C12H9FN2O3S. The van der Waals surface area contributed by atoms with E-state index in [1.54, 1.807) is 30.3 Å². The highest BCUT2D eigenvalue weighted by molar-refractivity contribution is 7.86. The summed E-state index contributed by atoms with van der Waals surface area (Å²) in [6, 6.07) is 11.5. The minimum atomic E-state index is -1.90. The minimum Gasteiger partial charge on any atom is -0.301 e. The highest BCUT2D eigenvalue weighted by Gasteiger charge is 2.15. The van der Waals surface area contributed by atoms with Crippen molar-refractivity contribution in [1.82, 2.24) is 0 Å². The van der Waals surface area contributed by atoms with Crippen LogP contribution in [0.2, 0.25) is 0 Å². The number of hydrogen-bond donors (Lipinski definition) is 1. The molecule has 1 unspecified atom stereocenters. The van der Waals surface area contributed by atoms with Crippen molar-refractivity contribution >= 4 is 22.4 Å². The summed E-state index contributed by atoms with van der Waals surface area (Å²) in [5.74, 6) is -0.757. The molecule has 0 spiro atoms. The van der Waals surface area contributed by atoms with E-state index in [4.69, 9.17) is 0 Å². The van der Waals surface area contributed by atoms with Crippen molar-refractivity contribution < 1.29 is 13.5 Å². The number of hydrogen-bond acceptors (Lipinski definition) is 3. The van der Waals surface area contributed by atoms with Gasteiger partial charge in [0.1, 0.15) is 10.7 Å². The summed E-state index contributed by atoms with van der Waals surface area (Å²) in [5, 5.41) is 10.6. The molecule has 98 valence electrons. The largest absolute Gasteiger partial charge is 0.301 e. The molecule has 0 bridgehead atoms. The Balaban J connectivity index is 2.28. The molecule has 1 N–H and O–H groups in total. The van der Waals surface area contributed by atoms with Crippen molar-refractivity contribution in [1.29, 1.82) is 0 Å². The maximum Gasteiger partial charge on any atom is 0.270 e. The van der Waals surface area contributed by atoms with Crippen LogP contribution in [0.4, 0.5) is 15.8 Å². The average Bonchev–Trinajstić information content (AvgIpc) is 2.40. The molecule has 2 aromatic rings. The van der Waals surface area contributed by atoms with Crippen LogP contribution in [-0.4, -0.2) is 9.13 Å². The molecule has 0 radical (unpaired) electrons. The van der Waals surface area contributed by atoms with Gasteiger partial charge in [-0.2, -0.15) is 0 Å². The molecule has 7 heteroatoms. The maximum absolute atomic E-state index is 13.5. The van der Waals surface area contributed by atoms with Crippen molar-refractivity contribution in [3.05, 3.63) is 64.5 Å². The number of rotatable bonds is 4. The Morgan fingerprint density at radius 1 is 1.16 bits per heavy atom. The van der Waals surface area contributed by atoms with Crippen LogP contribution in [0.1, 0.15) is 0 Å². The molecule has 0 fully saturated rings. The zero-order valence-corrected chi connectivity index (χ0v) is 10.4. The summed E-state index contributed by atoms with van der Waals surface area (Å²) in [6.07, 6.45) is 0. The summed E-state index contributed by atoms with van der Waals surface area (Å²) >= 11 is 0. The topological polar surface area (TPSA) is 72.2 Å². The molecule has 0 saturated heterocycles. The van der Waals surface area contributed by atoms with Gasteiger partial charge in [-0.1, -0.05) is 18.2 Å². The summed E-state index contributed by atoms with van der Waals surface area (Å²) in [5.41, 5.74) is 0.228. The van der Waals surface area contributed by atoms with Crippen LogP contribution in [0.25, 0.3) is 0 Å². The zero-order chi connectivity index (χ0) is 13.8. The van der Waals surface area contributed by atoms with Gasteiger partial charge < -0.3 is 4.72 Å². The second-order valence-electron chi connectivity index (χ2n) is 3.61. The number of para-hydroxylation sites is 1. The Bertz CT molecular complexity index is 634. The van der Waals surface area contributed by atoms with Gasteiger partial charge in [0.25, 0.3) is 5.69 Å². The Morgan fingerprint density at radius 2 is 1.84 bits per heavy atom. The standard InChI is InChI=1S/C12H9FN2O3S/c13-11-7-6-10(15(16)17)8-12(11)19(18)14-9-4-2-1-3-5-9/h1-8,14H. The third-order valence-corrected chi connectivity index (χ3v) is 3.44. The molecule has 0 aromatic heterocycles. The number of benzene rings is 2. The fourth-order valence-electron chi connectivity index (χ4n) is 1.42. The first-order valence-corrected chi connectivity index (χ1v) is 6.40. The number of halogens is 1. The summed E-state index contributed by atoms with van der Waals surface area (Å²) in [6.45, 7) is 0. The summed E-state index contributed by atoms with van der Waals surface area (Å²) < 4.78 is 28.1. The molecular weight excluding hydrogens is 271 g/mol. The first-order valence-electron chi connectivity index (χ1n) is 5.25. The third kappa shape index (κ3) is 3.14. The molecule has 0 heterocycles. The molecule has 1 atom stereocenters. The fraction of sp³-hybridized carbons (Fsp3) is 0. The predicted octanol–water partition coefficient (Wildman–Crippen LogP) is 2.87. The quantitative estimate of drug-likeness (QED) is 0.691. The lowest BCUT2D eigenvalue weighted by atomic mass is 10.3. The summed E-state index contributed by atoms with van der Waals surface area (Å²) in [7, 11) is -1.90. The van der Waals surface area contributed by atoms with E-state index in [-0.39, 0.29) is 10.6 Å². The van der Waals surface area contributed by atoms with Crippen molar-refractivity contribution in [3.8, 4) is 0 Å². The first kappa shape index (κ1) is 13.2. The second kappa shape index (κ2) is 5.57. The van der Waals surface area contributed by atoms with Crippen molar-refractivity contribution in [2.45, 2.75) is 4.90 Å². The third-order valence-electron chi connectivity index (χ3n) is 2.31. The first-order chi connectivity index (χ1) is 9.08. The van der Waals surface area contributed by atoms with Gasteiger partial charge in [-0.15, -0.1) is 0 Å². The van der Waals surface area contributed by atoms with Crippen LogP contribution in [0.3, 0.4) is 0 Å². The normalized spacial score (nSPS) is 11.8. The van der Waals surface area contributed by atoms with E-state index >= 15 is 0 Å². The van der Waals surface area contributed by atoms with E-state index < -0.39 is 21.7 Å². The highest BCUT2D eigenvalue weighted by Crippen LogP contribution is 2.21. The fourth-order valence-corrected chi connectivity index (χ4v) is 2.35. The molecule has 2 aromatic carbocycles. The van der Waals surface area contributed by atoms with Crippen molar-refractivity contribution in [3.63, 3.8) is 0 Å². The second-order valence-corrected chi connectivity index (χ2v) is 4.79. The molecule has 0 aliphatic carbocycles. The van der Waals surface area contributed by atoms with Gasteiger partial charge in [-0.25, -0.2) is 8.60 Å². The molecule has 2 rings (SSSR count). The average molecular weight is 280 g/mol. The van der Waals surface area contributed by atoms with E-state index in [2.05, 4.69) is 4.72 Å². The van der Waals surface area contributed by atoms with Gasteiger partial charge in [0.15, 0.2) is 11.0 Å². The van der Waals surface area contributed by atoms with E-state index in [0.717, 1.165) is 18.2 Å². The van der Waals surface area contributed by atoms with Crippen LogP contribution in [0.15, 0.2) is 53.4 Å². The lowest BCUT2D eigenvalue weighted by molar-refractivity contribution is -0.385. The molecule has 0 amide bonds. The summed E-state index contributed by atoms with van der Waals surface area (Å²) in [4.78, 5) is 9.69. The molecule has 0 aliphatic rings. The van der Waals surface area contributed by atoms with Crippen molar-refractivity contribution in [2.24, 2.45) is 0 Å². The van der Waals surface area contributed by atoms with Crippen LogP contribution in [0, 0.1) is 15.9 Å². The van der Waals surface area contributed by atoms with Crippen LogP contribution in [0.5, 0.6) is 0 Å². The van der Waals surface area contributed by atoms with Gasteiger partial charge in [0.2, 0.25) is 0 Å². The minimum absolute atomic E-state index is 0.252. The van der Waals surface area contributed by atoms with Crippen LogP contribution in [-0.2, 0) is 11.0 Å². The van der Waals surface area contributed by atoms with Gasteiger partial charge >= 0.3 is 0 Å². The Labute approximate surface area is 110 Å². The van der Waals surface area contributed by atoms with Crippen molar-refractivity contribution in [2.75, 3.05) is 4.72 Å². The van der Waals surface area contributed by atoms with Gasteiger partial charge in [0, 0.05) is 17.8 Å². The molecule has 0 saturated carbocycles. The van der Waals surface area contributed by atoms with E-state index in [1.807, 2.05) is 0 Å². The van der Waals surface area contributed by atoms with E-state index in [1.165, 1.54) is 0 Å². The number of nitro groups is 1. The number of anilines is 1. The van der Waals surface area contributed by atoms with E-state index in [0.29, 0.717) is 5.69 Å². The number of nitrogens with one attached hydrogen (secondary N) is 1. The zero-order valence-electron chi connectivity index (χ0n) is 9.58. The number of non-ortho nitro benzene ring substituents is 1. The van der Waals surface area contributed by atoms with Gasteiger partial charge in [-0.05, 0) is 18.2 Å². The molecule has 19 heavy (non-hydrogen) atoms. The Kier molecular flexibility index (Phi) is 3.86. The predicted molar refractivity (Wildman–Crippen MR) is 69.5 cm³/mol. The van der Waals surface area contributed by atoms with Crippen LogP contribution >= 0.6 is 0 Å². The SMILES string of the molecule is O=[N+]([O-])c1ccc(F)c(S(=O)Nc2ccccc2)c1. The molecule has 0 aliphatic heterocycles. The lowest BCUT2D eigenvalue weighted by Crippen LogP contribution is -2.07. The Hall–Kier alpha value is -2.28. The monoisotopic (exact) mass is 280 g/mol. The highest BCUT2D eigenvalue weighted by atomic mass is 32.2. The van der Waals surface area contributed by atoms with Gasteiger partial charge in [-0.3, -0.25) is 10.1 Å². The maximum atomic E-state index is 13.5.